The van der Waals surface area contributed by atoms with E-state index in [0.29, 0.717) is 25.4 Å². The Hall–Kier alpha value is -0.460. The van der Waals surface area contributed by atoms with Crippen LogP contribution in [0.2, 0.25) is 0 Å². The molecule has 21 heavy (non-hydrogen) atoms. The highest BCUT2D eigenvalue weighted by atomic mass is 32.2. The number of hydrogen-bond donors (Lipinski definition) is 0. The molecule has 1 heterocycles. The van der Waals surface area contributed by atoms with Gasteiger partial charge in [0.15, 0.2) is 0 Å². The van der Waals surface area contributed by atoms with E-state index in [9.17, 15) is 13.2 Å². The van der Waals surface area contributed by atoms with E-state index in [2.05, 4.69) is 0 Å². The van der Waals surface area contributed by atoms with E-state index < -0.39 is 15.5 Å². The number of rotatable bonds is 5. The summed E-state index contributed by atoms with van der Waals surface area (Å²) in [5.41, 5.74) is -0.989. The number of hydrogen-bond acceptors (Lipinski definition) is 5. The van der Waals surface area contributed by atoms with Gasteiger partial charge in [-0.05, 0) is 37.0 Å². The summed E-state index contributed by atoms with van der Waals surface area (Å²) < 4.78 is 35.2. The highest BCUT2D eigenvalue weighted by Crippen LogP contribution is 2.64. The zero-order chi connectivity index (χ0) is 15.3. The molecule has 2 bridgehead atoms. The van der Waals surface area contributed by atoms with Crippen molar-refractivity contribution in [1.82, 2.24) is 0 Å². The predicted octanol–water partition coefficient (Wildman–Crippen LogP) is 1.91. The zero-order valence-corrected chi connectivity index (χ0v) is 13.6. The Morgan fingerprint density at radius 3 is 2.62 bits per heavy atom. The Balaban J connectivity index is 1.70. The van der Waals surface area contributed by atoms with Crippen molar-refractivity contribution < 1.29 is 22.1 Å². The second-order valence-corrected chi connectivity index (χ2v) is 8.93. The largest absolute Gasteiger partial charge is 0.376 e. The third-order valence-electron chi connectivity index (χ3n) is 6.02. The highest BCUT2D eigenvalue weighted by molar-refractivity contribution is 7.86. The third-order valence-corrected chi connectivity index (χ3v) is 7.36. The van der Waals surface area contributed by atoms with Crippen molar-refractivity contribution in [2.45, 2.75) is 52.1 Å². The van der Waals surface area contributed by atoms with Crippen LogP contribution in [-0.2, 0) is 23.8 Å². The van der Waals surface area contributed by atoms with Crippen LogP contribution in [0, 0.1) is 16.7 Å². The molecule has 3 fully saturated rings. The van der Waals surface area contributed by atoms with Crippen LogP contribution in [0.3, 0.4) is 0 Å². The maximum Gasteiger partial charge on any atom is 0.268 e. The van der Waals surface area contributed by atoms with E-state index >= 15 is 0 Å². The molecule has 0 N–H and O–H groups in total. The van der Waals surface area contributed by atoms with E-state index in [1.807, 2.05) is 13.8 Å². The van der Waals surface area contributed by atoms with Crippen LogP contribution < -0.4 is 0 Å². The van der Waals surface area contributed by atoms with Crippen molar-refractivity contribution in [1.29, 1.82) is 0 Å². The molecule has 0 aromatic carbocycles. The molecule has 5 nitrogen and oxygen atoms in total. The van der Waals surface area contributed by atoms with Crippen molar-refractivity contribution in [2.75, 3.05) is 19.0 Å². The second-order valence-electron chi connectivity index (χ2n) is 7.29. The van der Waals surface area contributed by atoms with Gasteiger partial charge in [0.1, 0.15) is 5.78 Å². The Bertz CT molecular complexity index is 532. The number of ketones is 1. The molecule has 3 unspecified atom stereocenters. The average molecular weight is 316 g/mol. The molecular formula is C15H24O5S. The molecule has 1 saturated heterocycles. The number of carbonyl (C=O) groups is 1. The quantitative estimate of drug-likeness (QED) is 0.725. The van der Waals surface area contributed by atoms with Crippen LogP contribution in [0.25, 0.3) is 0 Å². The van der Waals surface area contributed by atoms with Gasteiger partial charge in [0.2, 0.25) is 0 Å². The summed E-state index contributed by atoms with van der Waals surface area (Å²) in [4.78, 5) is 12.4. The van der Waals surface area contributed by atoms with Crippen LogP contribution in [0.1, 0.15) is 46.0 Å². The molecule has 2 saturated carbocycles. The lowest BCUT2D eigenvalue weighted by atomic mass is 9.70. The summed E-state index contributed by atoms with van der Waals surface area (Å²) in [7, 11) is -3.70. The molecular weight excluding hydrogens is 292 g/mol. The van der Waals surface area contributed by atoms with E-state index in [1.165, 1.54) is 0 Å². The SMILES string of the molecule is CC1(C)C2CCC1(CS(=O)(=O)OCC1CCCO1)C(=O)C2. The summed E-state index contributed by atoms with van der Waals surface area (Å²) in [5, 5.41) is 0. The fraction of sp³-hybridized carbons (Fsp3) is 0.933. The highest BCUT2D eigenvalue weighted by Gasteiger charge is 2.65. The number of Topliss-reactive ketones (excluding diaryl/α,β-unsaturated/α-hetero) is 1. The Morgan fingerprint density at radius 2 is 2.10 bits per heavy atom. The minimum Gasteiger partial charge on any atom is -0.376 e. The third kappa shape index (κ3) is 2.45. The Labute approximate surface area is 126 Å². The van der Waals surface area contributed by atoms with Crippen molar-refractivity contribution in [3.8, 4) is 0 Å². The summed E-state index contributed by atoms with van der Waals surface area (Å²) in [6, 6.07) is 0. The Morgan fingerprint density at radius 1 is 1.33 bits per heavy atom. The monoisotopic (exact) mass is 316 g/mol. The number of ether oxygens (including phenoxy) is 1. The first-order chi connectivity index (χ1) is 9.77. The first kappa shape index (κ1) is 15.4. The second kappa shape index (κ2) is 5.03. The van der Waals surface area contributed by atoms with Gasteiger partial charge in [-0.3, -0.25) is 8.98 Å². The van der Waals surface area contributed by atoms with E-state index in [1.54, 1.807) is 0 Å². The first-order valence-electron chi connectivity index (χ1n) is 7.79. The van der Waals surface area contributed by atoms with Crippen molar-refractivity contribution >= 4 is 15.9 Å². The van der Waals surface area contributed by atoms with Crippen molar-refractivity contribution in [2.24, 2.45) is 16.7 Å². The minimum atomic E-state index is -3.70. The van der Waals surface area contributed by atoms with Gasteiger partial charge >= 0.3 is 0 Å². The van der Waals surface area contributed by atoms with Gasteiger partial charge in [0.05, 0.1) is 23.9 Å². The maximum atomic E-state index is 12.4. The minimum absolute atomic E-state index is 0.0798. The standard InChI is InChI=1S/C15H24O5S/c1-14(2)11-5-6-15(14,13(16)8-11)10-21(17,18)20-9-12-4-3-7-19-12/h11-12H,3-10H2,1-2H3. The average Bonchev–Trinajstić information content (AvgIpc) is 3.02. The van der Waals surface area contributed by atoms with Crippen LogP contribution in [0.4, 0.5) is 0 Å². The van der Waals surface area contributed by atoms with Crippen molar-refractivity contribution in [3.63, 3.8) is 0 Å². The van der Waals surface area contributed by atoms with Gasteiger partial charge in [-0.25, -0.2) is 0 Å². The molecule has 6 heteroatoms. The van der Waals surface area contributed by atoms with E-state index in [4.69, 9.17) is 8.92 Å². The van der Waals surface area contributed by atoms with Gasteiger partial charge in [-0.1, -0.05) is 13.8 Å². The number of carbonyl (C=O) groups excluding carboxylic acids is 1. The summed E-state index contributed by atoms with van der Waals surface area (Å²) in [6.07, 6.45) is 3.81. The fourth-order valence-corrected chi connectivity index (χ4v) is 6.13. The summed E-state index contributed by atoms with van der Waals surface area (Å²) >= 11 is 0. The van der Waals surface area contributed by atoms with Gasteiger partial charge in [-0.15, -0.1) is 0 Å². The molecule has 0 spiro atoms. The van der Waals surface area contributed by atoms with Crippen LogP contribution >= 0.6 is 0 Å². The van der Waals surface area contributed by atoms with Gasteiger partial charge < -0.3 is 4.74 Å². The lowest BCUT2D eigenvalue weighted by Gasteiger charge is -2.35. The van der Waals surface area contributed by atoms with Gasteiger partial charge in [-0.2, -0.15) is 8.42 Å². The van der Waals surface area contributed by atoms with E-state index in [-0.39, 0.29) is 29.7 Å². The van der Waals surface area contributed by atoms with Gasteiger partial charge in [0, 0.05) is 13.0 Å². The maximum absolute atomic E-state index is 12.4. The lowest BCUT2D eigenvalue weighted by molar-refractivity contribution is -0.128. The molecule has 1 aliphatic heterocycles. The number of fused-ring (bicyclic) bond motifs is 2. The predicted molar refractivity (Wildman–Crippen MR) is 77.3 cm³/mol. The molecule has 3 rings (SSSR count). The molecule has 3 aliphatic rings. The summed E-state index contributed by atoms with van der Waals surface area (Å²) in [6.45, 7) is 4.82. The zero-order valence-electron chi connectivity index (χ0n) is 12.8. The molecule has 3 atom stereocenters. The molecule has 0 aromatic rings. The Kier molecular flexibility index (Phi) is 3.70. The first-order valence-corrected chi connectivity index (χ1v) is 9.37. The molecule has 2 aliphatic carbocycles. The van der Waals surface area contributed by atoms with Crippen molar-refractivity contribution in [3.05, 3.63) is 0 Å². The molecule has 0 radical (unpaired) electrons. The normalized spacial score (nSPS) is 38.3. The smallest absolute Gasteiger partial charge is 0.268 e. The summed E-state index contributed by atoms with van der Waals surface area (Å²) in [5.74, 6) is 0.251. The van der Waals surface area contributed by atoms with Crippen LogP contribution in [0.15, 0.2) is 0 Å². The molecule has 0 aromatic heterocycles. The van der Waals surface area contributed by atoms with Gasteiger partial charge in [0.25, 0.3) is 10.1 Å². The van der Waals surface area contributed by atoms with Crippen LogP contribution in [0.5, 0.6) is 0 Å². The van der Waals surface area contributed by atoms with Crippen LogP contribution in [-0.4, -0.2) is 39.3 Å². The molecule has 0 amide bonds. The fourth-order valence-electron chi connectivity index (χ4n) is 4.41. The lowest BCUT2D eigenvalue weighted by Crippen LogP contribution is -2.42. The topological polar surface area (TPSA) is 69.7 Å². The molecule has 120 valence electrons. The van der Waals surface area contributed by atoms with E-state index in [0.717, 1.165) is 19.3 Å².